The number of benzene rings is 2. The molecule has 0 amide bonds. The van der Waals surface area contributed by atoms with Crippen molar-refractivity contribution >= 4 is 28.5 Å². The molecule has 0 spiro atoms. The highest BCUT2D eigenvalue weighted by atomic mass is 32.2. The Kier molecular flexibility index (Phi) is 5.82. The number of nitrogens with one attached hydrogen (secondary N) is 1. The molecular formula is C25H29N3OS. The number of pyridine rings is 1. The number of hydrogen-bond acceptors (Lipinski definition) is 5. The van der Waals surface area contributed by atoms with Crippen molar-refractivity contribution in [2.75, 3.05) is 36.6 Å². The molecule has 2 aliphatic rings. The first kappa shape index (κ1) is 19.7. The summed E-state index contributed by atoms with van der Waals surface area (Å²) < 4.78 is 5.43. The quantitative estimate of drug-likeness (QED) is 0.632. The van der Waals surface area contributed by atoms with Gasteiger partial charge in [0.05, 0.1) is 12.6 Å². The fourth-order valence-electron chi connectivity index (χ4n) is 4.69. The van der Waals surface area contributed by atoms with Crippen LogP contribution in [0.3, 0.4) is 0 Å². The molecule has 1 atom stereocenters. The van der Waals surface area contributed by atoms with Crippen molar-refractivity contribution in [1.29, 1.82) is 0 Å². The summed E-state index contributed by atoms with van der Waals surface area (Å²) >= 11 is 2.03. The molecule has 2 heterocycles. The van der Waals surface area contributed by atoms with Crippen LogP contribution in [0.2, 0.25) is 0 Å². The maximum atomic E-state index is 5.43. The highest BCUT2D eigenvalue weighted by molar-refractivity contribution is 7.99. The molecule has 0 bridgehead atoms. The molecule has 30 heavy (non-hydrogen) atoms. The monoisotopic (exact) mass is 419 g/mol. The molecule has 1 fully saturated rings. The number of aryl methyl sites for hydroxylation is 1. The highest BCUT2D eigenvalue weighted by Gasteiger charge is 2.21. The summed E-state index contributed by atoms with van der Waals surface area (Å²) in [7, 11) is 1.71. The largest absolute Gasteiger partial charge is 0.497 e. The van der Waals surface area contributed by atoms with Crippen molar-refractivity contribution in [2.45, 2.75) is 31.8 Å². The Morgan fingerprint density at radius 3 is 2.87 bits per heavy atom. The zero-order chi connectivity index (χ0) is 20.3. The van der Waals surface area contributed by atoms with E-state index in [4.69, 9.17) is 9.72 Å². The van der Waals surface area contributed by atoms with E-state index in [-0.39, 0.29) is 0 Å². The van der Waals surface area contributed by atoms with E-state index in [1.165, 1.54) is 52.8 Å². The van der Waals surface area contributed by atoms with Crippen molar-refractivity contribution in [3.05, 3.63) is 65.2 Å². The van der Waals surface area contributed by atoms with Crippen molar-refractivity contribution < 1.29 is 4.74 Å². The molecular weight excluding hydrogens is 390 g/mol. The van der Waals surface area contributed by atoms with E-state index in [9.17, 15) is 0 Å². The first-order chi connectivity index (χ1) is 14.8. The fraction of sp³-hybridized carbons (Fsp3) is 0.400. The zero-order valence-electron chi connectivity index (χ0n) is 17.6. The topological polar surface area (TPSA) is 37.4 Å². The van der Waals surface area contributed by atoms with E-state index in [0.29, 0.717) is 6.04 Å². The van der Waals surface area contributed by atoms with E-state index in [0.717, 1.165) is 36.7 Å². The van der Waals surface area contributed by atoms with Crippen LogP contribution in [0.4, 0.5) is 5.82 Å². The Bertz CT molecular complexity index is 1030. The van der Waals surface area contributed by atoms with Gasteiger partial charge in [0.25, 0.3) is 0 Å². The maximum absolute atomic E-state index is 5.43. The van der Waals surface area contributed by atoms with Gasteiger partial charge in [0.2, 0.25) is 0 Å². The van der Waals surface area contributed by atoms with E-state index >= 15 is 0 Å². The van der Waals surface area contributed by atoms with Crippen LogP contribution >= 0.6 is 11.8 Å². The summed E-state index contributed by atoms with van der Waals surface area (Å²) in [6.07, 6.45) is 3.65. The van der Waals surface area contributed by atoms with Crippen LogP contribution in [-0.4, -0.2) is 36.7 Å². The lowest BCUT2D eigenvalue weighted by molar-refractivity contribution is 0.415. The van der Waals surface area contributed by atoms with Gasteiger partial charge in [0.1, 0.15) is 11.6 Å². The summed E-state index contributed by atoms with van der Waals surface area (Å²) in [5.41, 5.74) is 5.27. The first-order valence-corrected chi connectivity index (χ1v) is 12.1. The average Bonchev–Trinajstić information content (AvgIpc) is 2.82. The molecule has 1 unspecified atom stereocenters. The molecule has 5 rings (SSSR count). The molecule has 3 aromatic rings. The molecule has 4 nitrogen and oxygen atoms in total. The van der Waals surface area contributed by atoms with Gasteiger partial charge >= 0.3 is 0 Å². The van der Waals surface area contributed by atoms with Crippen LogP contribution in [0.5, 0.6) is 5.75 Å². The van der Waals surface area contributed by atoms with Gasteiger partial charge in [0.15, 0.2) is 0 Å². The molecule has 2 aromatic carbocycles. The molecule has 0 radical (unpaired) electrons. The van der Waals surface area contributed by atoms with Gasteiger partial charge in [0, 0.05) is 54.2 Å². The Hall–Kier alpha value is -2.24. The molecule has 1 aliphatic carbocycles. The molecule has 1 aliphatic heterocycles. The van der Waals surface area contributed by atoms with Crippen molar-refractivity contribution in [1.82, 2.24) is 10.3 Å². The smallest absolute Gasteiger partial charge is 0.133 e. The van der Waals surface area contributed by atoms with E-state index in [1.807, 2.05) is 23.9 Å². The number of methoxy groups -OCH3 is 1. The van der Waals surface area contributed by atoms with Gasteiger partial charge in [-0.1, -0.05) is 24.3 Å². The number of hydrogen-bond donors (Lipinski definition) is 1. The van der Waals surface area contributed by atoms with Crippen molar-refractivity contribution in [2.24, 2.45) is 0 Å². The van der Waals surface area contributed by atoms with Gasteiger partial charge in [-0.05, 0) is 48.6 Å². The summed E-state index contributed by atoms with van der Waals surface area (Å²) in [5.74, 6) is 4.33. The number of fused-ring (bicyclic) bond motifs is 2. The van der Waals surface area contributed by atoms with Crippen LogP contribution in [0, 0.1) is 0 Å². The number of ether oxygens (including phenoxy) is 1. The minimum absolute atomic E-state index is 0.422. The van der Waals surface area contributed by atoms with E-state index in [1.54, 1.807) is 7.11 Å². The third-order valence-corrected chi connectivity index (χ3v) is 7.24. The summed E-state index contributed by atoms with van der Waals surface area (Å²) in [6.45, 7) is 2.96. The van der Waals surface area contributed by atoms with Gasteiger partial charge in [-0.15, -0.1) is 0 Å². The van der Waals surface area contributed by atoms with Crippen LogP contribution < -0.4 is 15.0 Å². The van der Waals surface area contributed by atoms with Crippen LogP contribution in [0.15, 0.2) is 48.5 Å². The standard InChI is InChI=1S/C25H29N3OS/c1-29-21-10-9-19-15-20(25(27-24(19)16-21)28-11-13-30-14-12-28)17-26-23-8-4-6-18-5-2-3-7-22(18)23/h2-3,5,7,9-10,15-16,23,26H,4,6,8,11-14,17H2,1H3. The second-order valence-electron chi connectivity index (χ2n) is 8.15. The minimum atomic E-state index is 0.422. The number of nitrogens with zero attached hydrogens (tertiary/aromatic N) is 2. The fourth-order valence-corrected chi connectivity index (χ4v) is 5.59. The minimum Gasteiger partial charge on any atom is -0.497 e. The Morgan fingerprint density at radius 1 is 1.13 bits per heavy atom. The van der Waals surface area contributed by atoms with Crippen LogP contribution in [-0.2, 0) is 13.0 Å². The first-order valence-electron chi connectivity index (χ1n) is 10.9. The van der Waals surface area contributed by atoms with Gasteiger partial charge in [-0.25, -0.2) is 4.98 Å². The lowest BCUT2D eigenvalue weighted by Crippen LogP contribution is -2.34. The van der Waals surface area contributed by atoms with Gasteiger partial charge in [-0.3, -0.25) is 0 Å². The lowest BCUT2D eigenvalue weighted by Gasteiger charge is -2.31. The third kappa shape index (κ3) is 4.01. The number of aromatic nitrogens is 1. The SMILES string of the molecule is COc1ccc2cc(CNC3CCCc4ccccc43)c(N3CCSCC3)nc2c1. The highest BCUT2D eigenvalue weighted by Crippen LogP contribution is 2.32. The number of anilines is 1. The molecule has 0 saturated carbocycles. The van der Waals surface area contributed by atoms with Crippen molar-refractivity contribution in [3.8, 4) is 5.75 Å². The lowest BCUT2D eigenvalue weighted by atomic mass is 9.87. The zero-order valence-corrected chi connectivity index (χ0v) is 18.4. The van der Waals surface area contributed by atoms with Crippen LogP contribution in [0.25, 0.3) is 10.9 Å². The maximum Gasteiger partial charge on any atom is 0.133 e. The Labute approximate surface area is 183 Å². The van der Waals surface area contributed by atoms with Gasteiger partial charge < -0.3 is 15.0 Å². The second-order valence-corrected chi connectivity index (χ2v) is 9.38. The van der Waals surface area contributed by atoms with E-state index in [2.05, 4.69) is 46.6 Å². The normalized spacial score (nSPS) is 19.0. The Morgan fingerprint density at radius 2 is 2.00 bits per heavy atom. The third-order valence-electron chi connectivity index (χ3n) is 6.30. The average molecular weight is 420 g/mol. The molecule has 1 saturated heterocycles. The predicted molar refractivity (Wildman–Crippen MR) is 127 cm³/mol. The second kappa shape index (κ2) is 8.86. The van der Waals surface area contributed by atoms with Gasteiger partial charge in [-0.2, -0.15) is 11.8 Å². The predicted octanol–water partition coefficient (Wildman–Crippen LogP) is 4.96. The summed E-state index contributed by atoms with van der Waals surface area (Å²) in [6, 6.07) is 17.8. The number of thioether (sulfide) groups is 1. The van der Waals surface area contributed by atoms with Crippen molar-refractivity contribution in [3.63, 3.8) is 0 Å². The molecule has 156 valence electrons. The number of rotatable bonds is 5. The summed E-state index contributed by atoms with van der Waals surface area (Å²) in [5, 5.41) is 5.04. The summed E-state index contributed by atoms with van der Waals surface area (Å²) in [4.78, 5) is 7.57. The molecule has 1 aromatic heterocycles. The molecule has 5 heteroatoms. The van der Waals surface area contributed by atoms with Crippen LogP contribution in [0.1, 0.15) is 35.6 Å². The van der Waals surface area contributed by atoms with E-state index < -0.39 is 0 Å². The Balaban J connectivity index is 1.46. The molecule has 1 N–H and O–H groups in total.